The Bertz CT molecular complexity index is 1180. The van der Waals surface area contributed by atoms with Crippen molar-refractivity contribution in [3.05, 3.63) is 64.2 Å². The number of thiocarbonyl (C=S) groups is 1. The SMILES string of the molecule is O=c1[nH]c2cc3c(cc2cc1CN(Cc1cccnc1)C(=S)NCC1CCCO1)OCO3. The second-order valence-electron chi connectivity index (χ2n) is 7.95. The number of pyridine rings is 2. The number of hydrogen-bond acceptors (Lipinski definition) is 6. The van der Waals surface area contributed by atoms with Crippen LogP contribution in [0.3, 0.4) is 0 Å². The van der Waals surface area contributed by atoms with Gasteiger partial charge in [-0.25, -0.2) is 0 Å². The summed E-state index contributed by atoms with van der Waals surface area (Å²) in [4.78, 5) is 22.0. The van der Waals surface area contributed by atoms with E-state index in [1.165, 1.54) is 0 Å². The summed E-state index contributed by atoms with van der Waals surface area (Å²) in [5, 5.41) is 4.78. The molecular formula is C23H24N4O4S. The lowest BCUT2D eigenvalue weighted by Crippen LogP contribution is -2.42. The van der Waals surface area contributed by atoms with Crippen LogP contribution < -0.4 is 20.3 Å². The molecule has 0 bridgehead atoms. The summed E-state index contributed by atoms with van der Waals surface area (Å²) in [7, 11) is 0. The predicted octanol–water partition coefficient (Wildman–Crippen LogP) is 2.71. The lowest BCUT2D eigenvalue weighted by atomic mass is 10.1. The minimum atomic E-state index is -0.158. The van der Waals surface area contributed by atoms with Crippen molar-refractivity contribution in [3.8, 4) is 11.5 Å². The van der Waals surface area contributed by atoms with Crippen LogP contribution in [0.2, 0.25) is 0 Å². The molecule has 8 nitrogen and oxygen atoms in total. The first-order valence-electron chi connectivity index (χ1n) is 10.6. The van der Waals surface area contributed by atoms with Gasteiger partial charge in [0.2, 0.25) is 6.79 Å². The quantitative estimate of drug-likeness (QED) is 0.552. The summed E-state index contributed by atoms with van der Waals surface area (Å²) in [6.45, 7) is 2.52. The molecule has 3 aromatic rings. The Morgan fingerprint density at radius 1 is 1.25 bits per heavy atom. The Morgan fingerprint density at radius 2 is 2.12 bits per heavy atom. The molecule has 1 unspecified atom stereocenters. The molecule has 32 heavy (non-hydrogen) atoms. The first-order valence-corrected chi connectivity index (χ1v) is 11.1. The summed E-state index contributed by atoms with van der Waals surface area (Å²) in [6, 6.07) is 9.45. The van der Waals surface area contributed by atoms with E-state index in [0.717, 1.165) is 30.4 Å². The zero-order valence-corrected chi connectivity index (χ0v) is 18.3. The topological polar surface area (TPSA) is 88.7 Å². The number of ether oxygens (including phenoxy) is 3. The van der Waals surface area contributed by atoms with Gasteiger partial charge in [-0.05, 0) is 48.8 Å². The van der Waals surface area contributed by atoms with E-state index in [-0.39, 0.29) is 18.5 Å². The van der Waals surface area contributed by atoms with Crippen LogP contribution in [-0.2, 0) is 17.8 Å². The fourth-order valence-electron chi connectivity index (χ4n) is 3.99. The van der Waals surface area contributed by atoms with Crippen molar-refractivity contribution in [3.63, 3.8) is 0 Å². The molecule has 2 aromatic heterocycles. The minimum Gasteiger partial charge on any atom is -0.454 e. The van der Waals surface area contributed by atoms with Crippen LogP contribution >= 0.6 is 12.2 Å². The smallest absolute Gasteiger partial charge is 0.253 e. The monoisotopic (exact) mass is 452 g/mol. The number of nitrogens with zero attached hydrogens (tertiary/aromatic N) is 2. The highest BCUT2D eigenvalue weighted by atomic mass is 32.1. The van der Waals surface area contributed by atoms with E-state index in [4.69, 9.17) is 26.4 Å². The number of nitrogens with one attached hydrogen (secondary N) is 2. The van der Waals surface area contributed by atoms with Crippen LogP contribution in [0.5, 0.6) is 11.5 Å². The van der Waals surface area contributed by atoms with E-state index < -0.39 is 0 Å². The van der Waals surface area contributed by atoms with Crippen molar-refractivity contribution in [2.45, 2.75) is 32.0 Å². The first-order chi connectivity index (χ1) is 15.7. The lowest BCUT2D eigenvalue weighted by molar-refractivity contribution is 0.113. The van der Waals surface area contributed by atoms with Gasteiger partial charge in [0.25, 0.3) is 5.56 Å². The third-order valence-corrected chi connectivity index (χ3v) is 6.07. The molecule has 2 aliphatic heterocycles. The molecule has 1 fully saturated rings. The van der Waals surface area contributed by atoms with E-state index in [2.05, 4.69) is 15.3 Å². The van der Waals surface area contributed by atoms with Crippen LogP contribution in [-0.4, -0.2) is 46.0 Å². The van der Waals surface area contributed by atoms with Gasteiger partial charge >= 0.3 is 0 Å². The molecule has 0 aliphatic carbocycles. The molecule has 0 radical (unpaired) electrons. The molecule has 5 rings (SSSR count). The number of aromatic amines is 1. The largest absolute Gasteiger partial charge is 0.454 e. The number of hydrogen-bond donors (Lipinski definition) is 2. The molecule has 0 amide bonds. The summed E-state index contributed by atoms with van der Waals surface area (Å²) < 4.78 is 16.6. The van der Waals surface area contributed by atoms with Crippen LogP contribution in [0, 0.1) is 0 Å². The van der Waals surface area contributed by atoms with Crippen LogP contribution in [0.15, 0.2) is 47.5 Å². The van der Waals surface area contributed by atoms with E-state index in [0.29, 0.717) is 47.3 Å². The highest BCUT2D eigenvalue weighted by Crippen LogP contribution is 2.35. The van der Waals surface area contributed by atoms with Gasteiger partial charge in [-0.2, -0.15) is 0 Å². The third kappa shape index (κ3) is 4.53. The van der Waals surface area contributed by atoms with E-state index in [1.54, 1.807) is 18.5 Å². The summed E-state index contributed by atoms with van der Waals surface area (Å²) in [6.07, 6.45) is 5.81. The average Bonchev–Trinajstić information content (AvgIpc) is 3.48. The molecule has 2 N–H and O–H groups in total. The summed E-state index contributed by atoms with van der Waals surface area (Å²) in [5.74, 6) is 1.31. The fourth-order valence-corrected chi connectivity index (χ4v) is 4.21. The minimum absolute atomic E-state index is 0.158. The maximum absolute atomic E-state index is 12.9. The van der Waals surface area contributed by atoms with Gasteiger partial charge in [-0.15, -0.1) is 0 Å². The first kappa shape index (κ1) is 20.7. The van der Waals surface area contributed by atoms with E-state index in [9.17, 15) is 4.79 Å². The number of aromatic nitrogens is 2. The van der Waals surface area contributed by atoms with Crippen LogP contribution in [0.1, 0.15) is 24.0 Å². The molecular weight excluding hydrogens is 428 g/mol. The van der Waals surface area contributed by atoms with Crippen molar-refractivity contribution < 1.29 is 14.2 Å². The lowest BCUT2D eigenvalue weighted by Gasteiger charge is -2.26. The maximum atomic E-state index is 12.9. The van der Waals surface area contributed by atoms with E-state index in [1.807, 2.05) is 29.2 Å². The zero-order valence-electron chi connectivity index (χ0n) is 17.5. The van der Waals surface area contributed by atoms with Crippen molar-refractivity contribution in [2.75, 3.05) is 19.9 Å². The molecule has 0 spiro atoms. The van der Waals surface area contributed by atoms with Gasteiger partial charge in [0, 0.05) is 49.1 Å². The highest BCUT2D eigenvalue weighted by molar-refractivity contribution is 7.80. The molecule has 4 heterocycles. The van der Waals surface area contributed by atoms with Crippen LogP contribution in [0.25, 0.3) is 10.9 Å². The van der Waals surface area contributed by atoms with Gasteiger partial charge < -0.3 is 29.4 Å². The molecule has 0 saturated carbocycles. The van der Waals surface area contributed by atoms with Gasteiger partial charge in [0.1, 0.15) is 0 Å². The Hall–Kier alpha value is -3.17. The fraction of sp³-hybridized carbons (Fsp3) is 0.348. The normalized spacial score (nSPS) is 16.9. The predicted molar refractivity (Wildman–Crippen MR) is 124 cm³/mol. The Morgan fingerprint density at radius 3 is 2.91 bits per heavy atom. The molecule has 166 valence electrons. The molecule has 2 aliphatic rings. The van der Waals surface area contributed by atoms with Gasteiger partial charge in [-0.3, -0.25) is 9.78 Å². The number of rotatable bonds is 6. The molecule has 1 aromatic carbocycles. The van der Waals surface area contributed by atoms with Crippen LogP contribution in [0.4, 0.5) is 0 Å². The van der Waals surface area contributed by atoms with Crippen molar-refractivity contribution in [2.24, 2.45) is 0 Å². The third-order valence-electron chi connectivity index (χ3n) is 5.66. The zero-order chi connectivity index (χ0) is 21.9. The number of benzene rings is 1. The van der Waals surface area contributed by atoms with Crippen molar-refractivity contribution >= 4 is 28.2 Å². The number of H-pyrrole nitrogens is 1. The average molecular weight is 453 g/mol. The Kier molecular flexibility index (Phi) is 5.91. The molecule has 1 atom stereocenters. The standard InChI is InChI=1S/C23H24N4O4S/c28-22-17(7-16-8-20-21(31-14-30-20)9-19(16)26-22)13-27(12-15-3-1-5-24-10-15)23(32)25-11-18-4-2-6-29-18/h1,3,5,7-10,18H,2,4,6,11-14H2,(H,25,32)(H,26,28). The Labute approximate surface area is 190 Å². The Balaban J connectivity index is 1.39. The molecule has 1 saturated heterocycles. The highest BCUT2D eigenvalue weighted by Gasteiger charge is 2.20. The maximum Gasteiger partial charge on any atom is 0.253 e. The number of fused-ring (bicyclic) bond motifs is 2. The second-order valence-corrected chi connectivity index (χ2v) is 8.34. The van der Waals surface area contributed by atoms with Crippen molar-refractivity contribution in [1.82, 2.24) is 20.2 Å². The second kappa shape index (κ2) is 9.13. The summed E-state index contributed by atoms with van der Waals surface area (Å²) >= 11 is 5.70. The molecule has 9 heteroatoms. The van der Waals surface area contributed by atoms with Gasteiger partial charge in [-0.1, -0.05) is 6.07 Å². The van der Waals surface area contributed by atoms with E-state index >= 15 is 0 Å². The summed E-state index contributed by atoms with van der Waals surface area (Å²) in [5.41, 5.74) is 2.17. The van der Waals surface area contributed by atoms with Gasteiger partial charge in [0.15, 0.2) is 16.6 Å². The van der Waals surface area contributed by atoms with Gasteiger partial charge in [0.05, 0.1) is 18.2 Å². The van der Waals surface area contributed by atoms with Crippen molar-refractivity contribution in [1.29, 1.82) is 0 Å².